The van der Waals surface area contributed by atoms with Gasteiger partial charge in [-0.1, -0.05) is 26.8 Å². The maximum atomic E-state index is 13.9. The summed E-state index contributed by atoms with van der Waals surface area (Å²) in [4.78, 5) is 34.2. The number of aromatic nitrogens is 2. The van der Waals surface area contributed by atoms with E-state index in [0.29, 0.717) is 40.1 Å². The van der Waals surface area contributed by atoms with Crippen LogP contribution in [0.15, 0.2) is 54.7 Å². The van der Waals surface area contributed by atoms with Crippen LogP contribution in [0, 0.1) is 13.8 Å². The van der Waals surface area contributed by atoms with Gasteiger partial charge in [-0.25, -0.2) is 14.8 Å². The lowest BCUT2D eigenvalue weighted by atomic mass is 9.92. The topological polar surface area (TPSA) is 95.9 Å². The van der Waals surface area contributed by atoms with Crippen molar-refractivity contribution in [2.45, 2.75) is 51.0 Å². The number of rotatable bonds is 8. The molecule has 5 rings (SSSR count). The van der Waals surface area contributed by atoms with Gasteiger partial charge in [-0.05, 0) is 90.8 Å². The smallest absolute Gasteiger partial charge is 0.433 e. The van der Waals surface area contributed by atoms with E-state index < -0.39 is 63.7 Å². The Balaban J connectivity index is 1.61. The number of alkyl halides is 6. The molecule has 0 radical (unpaired) electrons. The first-order chi connectivity index (χ1) is 23.3. The Morgan fingerprint density at radius 1 is 0.980 bits per heavy atom. The molecule has 1 fully saturated rings. The fraction of sp³-hybridized carbons (Fsp3) is 0.273. The minimum absolute atomic E-state index is 0.0134. The molecule has 1 aliphatic heterocycles. The Bertz CT molecular complexity index is 1960. The van der Waals surface area contributed by atoms with Gasteiger partial charge in [-0.2, -0.15) is 26.3 Å². The molecule has 50 heavy (non-hydrogen) atoms. The van der Waals surface area contributed by atoms with E-state index in [-0.39, 0.29) is 39.9 Å². The first kappa shape index (κ1) is 36.4. The number of carbonyl (C=O) groups excluding carboxylic acids is 1. The Labute approximate surface area is 283 Å². The molecule has 8 nitrogen and oxygen atoms in total. The highest BCUT2D eigenvalue weighted by atomic mass is 32.2. The SMILES string of the molecule is COc1ncc(-c2c(C)cc(C(=O)O)cc2C)cc1-c1ccc(C(F)(F)F)nc1CN1C(=O)S[C@H](c2cc(N(F)F)cc(C(F)(F)F)c2)[C@@H]1C. The molecule has 0 bridgehead atoms. The van der Waals surface area contributed by atoms with Crippen molar-refractivity contribution in [3.05, 3.63) is 93.9 Å². The number of anilines is 1. The van der Waals surface area contributed by atoms with Gasteiger partial charge in [0.2, 0.25) is 5.88 Å². The number of aryl methyl sites for hydroxylation is 2. The molecule has 1 aliphatic rings. The number of thioether (sulfide) groups is 1. The van der Waals surface area contributed by atoms with E-state index in [4.69, 9.17) is 4.74 Å². The number of amides is 1. The van der Waals surface area contributed by atoms with Crippen molar-refractivity contribution in [2.75, 3.05) is 12.5 Å². The van der Waals surface area contributed by atoms with Crippen molar-refractivity contribution in [1.82, 2.24) is 14.9 Å². The number of hydrogen-bond acceptors (Lipinski definition) is 7. The zero-order valence-electron chi connectivity index (χ0n) is 26.5. The highest BCUT2D eigenvalue weighted by molar-refractivity contribution is 8.14. The lowest BCUT2D eigenvalue weighted by Crippen LogP contribution is -2.32. The van der Waals surface area contributed by atoms with Crippen LogP contribution in [-0.2, 0) is 18.9 Å². The summed E-state index contributed by atoms with van der Waals surface area (Å²) in [7, 11) is 1.29. The number of ether oxygens (including phenoxy) is 1. The van der Waals surface area contributed by atoms with E-state index in [2.05, 4.69) is 9.97 Å². The molecule has 2 aromatic carbocycles. The van der Waals surface area contributed by atoms with Crippen molar-refractivity contribution in [1.29, 1.82) is 0 Å². The van der Waals surface area contributed by atoms with Crippen LogP contribution in [0.1, 0.15) is 56.2 Å². The number of carboxylic acids is 1. The summed E-state index contributed by atoms with van der Waals surface area (Å²) < 4.78 is 115. The average Bonchev–Trinajstić information content (AvgIpc) is 3.31. The molecule has 0 aliphatic carbocycles. The third kappa shape index (κ3) is 7.18. The molecule has 264 valence electrons. The number of methoxy groups -OCH3 is 1. The van der Waals surface area contributed by atoms with Gasteiger partial charge in [-0.3, -0.25) is 4.79 Å². The molecule has 4 aromatic rings. The average molecular weight is 727 g/mol. The Kier molecular flexibility index (Phi) is 9.75. The lowest BCUT2D eigenvalue weighted by Gasteiger charge is -2.26. The number of nitrogens with zero attached hydrogens (tertiary/aromatic N) is 4. The van der Waals surface area contributed by atoms with Gasteiger partial charge in [0.25, 0.3) is 5.24 Å². The number of carbonyl (C=O) groups is 2. The molecule has 1 N–H and O–H groups in total. The van der Waals surface area contributed by atoms with Crippen LogP contribution in [0.4, 0.5) is 45.8 Å². The first-order valence-electron chi connectivity index (χ1n) is 14.6. The molecule has 3 heterocycles. The fourth-order valence-corrected chi connectivity index (χ4v) is 7.09. The number of aromatic carboxylic acids is 1. The van der Waals surface area contributed by atoms with E-state index in [9.17, 15) is 50.0 Å². The first-order valence-corrected chi connectivity index (χ1v) is 15.5. The van der Waals surface area contributed by atoms with E-state index >= 15 is 0 Å². The maximum Gasteiger partial charge on any atom is 0.433 e. The monoisotopic (exact) mass is 726 g/mol. The summed E-state index contributed by atoms with van der Waals surface area (Å²) in [5.41, 5.74) is -1.66. The van der Waals surface area contributed by atoms with Crippen molar-refractivity contribution in [3.63, 3.8) is 0 Å². The molecular weight excluding hydrogens is 700 g/mol. The summed E-state index contributed by atoms with van der Waals surface area (Å²) in [6, 6.07) is 7.10. The standard InChI is InChI=1S/C33H26F8N4O4S/c1-15-7-19(30(46)47)8-16(2)27(15)20-11-24(29(49-4)42-13-20)23-5-6-26(33(37,38)39)43-25(23)14-44-17(3)28(50-31(44)48)18-9-21(32(34,35)36)12-22(10-18)45(40)41/h5-13,17,28H,14H2,1-4H3,(H,46,47)/t17-,28-/m0/s1. The number of pyridine rings is 2. The summed E-state index contributed by atoms with van der Waals surface area (Å²) in [6.07, 6.45) is -8.43. The van der Waals surface area contributed by atoms with Crippen LogP contribution >= 0.6 is 11.8 Å². The Hall–Kier alpha value is -4.93. The van der Waals surface area contributed by atoms with E-state index in [1.54, 1.807) is 19.9 Å². The van der Waals surface area contributed by atoms with E-state index in [1.165, 1.54) is 32.4 Å². The Morgan fingerprint density at radius 3 is 2.20 bits per heavy atom. The highest BCUT2D eigenvalue weighted by Crippen LogP contribution is 2.47. The third-order valence-electron chi connectivity index (χ3n) is 8.17. The minimum atomic E-state index is -4.98. The zero-order valence-corrected chi connectivity index (χ0v) is 27.3. The van der Waals surface area contributed by atoms with Gasteiger partial charge in [0.1, 0.15) is 11.4 Å². The molecule has 17 heteroatoms. The normalized spacial score (nSPS) is 16.6. The van der Waals surface area contributed by atoms with Gasteiger partial charge in [0, 0.05) is 28.9 Å². The minimum Gasteiger partial charge on any atom is -0.481 e. The predicted molar refractivity (Wildman–Crippen MR) is 168 cm³/mol. The number of hydrogen-bond donors (Lipinski definition) is 1. The lowest BCUT2D eigenvalue weighted by molar-refractivity contribution is -0.141. The van der Waals surface area contributed by atoms with Crippen LogP contribution < -0.4 is 10.1 Å². The van der Waals surface area contributed by atoms with Gasteiger partial charge in [-0.15, -0.1) is 0 Å². The number of carboxylic acid groups (broad SMARTS) is 1. The van der Waals surface area contributed by atoms with Gasteiger partial charge >= 0.3 is 18.3 Å². The van der Waals surface area contributed by atoms with Crippen molar-refractivity contribution >= 4 is 28.7 Å². The van der Waals surface area contributed by atoms with Crippen LogP contribution in [0.25, 0.3) is 22.3 Å². The largest absolute Gasteiger partial charge is 0.481 e. The summed E-state index contributed by atoms with van der Waals surface area (Å²) >= 11 is 0.546. The third-order valence-corrected chi connectivity index (χ3v) is 9.53. The van der Waals surface area contributed by atoms with Crippen LogP contribution in [0.3, 0.4) is 0 Å². The van der Waals surface area contributed by atoms with E-state index in [1.807, 2.05) is 0 Å². The van der Waals surface area contributed by atoms with Gasteiger partial charge in [0.15, 0.2) is 0 Å². The molecule has 2 atom stereocenters. The second-order valence-corrected chi connectivity index (χ2v) is 12.6. The van der Waals surface area contributed by atoms with Crippen molar-refractivity contribution < 1.29 is 54.7 Å². The molecule has 0 unspecified atom stereocenters. The van der Waals surface area contributed by atoms with Gasteiger partial charge in [0.05, 0.1) is 35.7 Å². The van der Waals surface area contributed by atoms with Crippen LogP contribution in [0.5, 0.6) is 5.88 Å². The van der Waals surface area contributed by atoms with Crippen molar-refractivity contribution in [3.8, 4) is 28.1 Å². The summed E-state index contributed by atoms with van der Waals surface area (Å²) in [5, 5.41) is 6.14. The molecule has 1 saturated heterocycles. The molecular formula is C33H26F8N4O4S. The number of halogens is 8. The number of benzene rings is 2. The second-order valence-electron chi connectivity index (χ2n) is 11.5. The fourth-order valence-electron chi connectivity index (χ4n) is 5.89. The summed E-state index contributed by atoms with van der Waals surface area (Å²) in [5.74, 6) is -1.15. The van der Waals surface area contributed by atoms with Gasteiger partial charge < -0.3 is 14.7 Å². The van der Waals surface area contributed by atoms with Crippen LogP contribution in [0.2, 0.25) is 0 Å². The predicted octanol–water partition coefficient (Wildman–Crippen LogP) is 9.55. The highest BCUT2D eigenvalue weighted by Gasteiger charge is 2.42. The maximum absolute atomic E-state index is 13.9. The summed E-state index contributed by atoms with van der Waals surface area (Å²) in [6.45, 7) is 4.26. The molecule has 1 amide bonds. The zero-order chi connectivity index (χ0) is 36.9. The molecule has 2 aromatic heterocycles. The second kappa shape index (κ2) is 13.4. The molecule has 0 spiro atoms. The van der Waals surface area contributed by atoms with E-state index in [0.717, 1.165) is 23.1 Å². The van der Waals surface area contributed by atoms with Crippen LogP contribution in [-0.4, -0.2) is 44.3 Å². The molecule has 0 saturated carbocycles. The van der Waals surface area contributed by atoms with Crippen molar-refractivity contribution in [2.24, 2.45) is 0 Å². The quantitative estimate of drug-likeness (QED) is 0.142. The Morgan fingerprint density at radius 2 is 1.64 bits per heavy atom.